The van der Waals surface area contributed by atoms with E-state index >= 15 is 0 Å². The summed E-state index contributed by atoms with van der Waals surface area (Å²) in [6.07, 6.45) is 0.632. The van der Waals surface area contributed by atoms with Gasteiger partial charge in [0, 0.05) is 19.3 Å². The fraction of sp³-hybridized carbons (Fsp3) is 0.423. The van der Waals surface area contributed by atoms with Gasteiger partial charge < -0.3 is 15.8 Å². The molecule has 3 N–H and O–H groups in total. The molecule has 0 bridgehead atoms. The third-order valence-corrected chi connectivity index (χ3v) is 6.45. The van der Waals surface area contributed by atoms with Crippen LogP contribution in [0.25, 0.3) is 0 Å². The van der Waals surface area contributed by atoms with Crippen LogP contribution in [0, 0.1) is 17.6 Å². The summed E-state index contributed by atoms with van der Waals surface area (Å²) in [6, 6.07) is 9.24. The number of nitrogens with zero attached hydrogens (tertiary/aromatic N) is 2. The van der Waals surface area contributed by atoms with Crippen molar-refractivity contribution in [3.8, 4) is 0 Å². The molecule has 0 saturated carbocycles. The maximum atomic E-state index is 14.5. The zero-order valence-corrected chi connectivity index (χ0v) is 20.5. The first-order valence-electron chi connectivity index (χ1n) is 11.5. The average molecular weight is 487 g/mol. The van der Waals surface area contributed by atoms with Crippen molar-refractivity contribution in [2.24, 2.45) is 16.6 Å². The molecule has 3 rings (SSSR count). The van der Waals surface area contributed by atoms with Crippen molar-refractivity contribution in [2.75, 3.05) is 13.7 Å². The van der Waals surface area contributed by atoms with Gasteiger partial charge in [0.05, 0.1) is 24.5 Å². The Morgan fingerprint density at radius 2 is 1.89 bits per heavy atom. The summed E-state index contributed by atoms with van der Waals surface area (Å²) in [6.45, 7) is 6.19. The minimum absolute atomic E-state index is 0.00848. The van der Waals surface area contributed by atoms with Crippen molar-refractivity contribution in [3.63, 3.8) is 0 Å². The summed E-state index contributed by atoms with van der Waals surface area (Å²) in [5.41, 5.74) is 6.70. The number of nitrogens with one attached hydrogen (secondary N) is 1. The van der Waals surface area contributed by atoms with Crippen LogP contribution < -0.4 is 11.1 Å². The number of rotatable bonds is 9. The van der Waals surface area contributed by atoms with Crippen molar-refractivity contribution in [2.45, 2.75) is 51.7 Å². The molecule has 9 heteroatoms. The summed E-state index contributed by atoms with van der Waals surface area (Å²) in [7, 11) is 1.54. The van der Waals surface area contributed by atoms with E-state index in [2.05, 4.69) is 10.3 Å². The van der Waals surface area contributed by atoms with Crippen molar-refractivity contribution < 1.29 is 23.1 Å². The number of methoxy groups -OCH3 is 1. The number of carbonyl (C=O) groups is 2. The van der Waals surface area contributed by atoms with E-state index in [0.29, 0.717) is 24.2 Å². The molecule has 2 atom stereocenters. The molecular formula is C26H32F2N4O3. The Bertz CT molecular complexity index is 1100. The zero-order chi connectivity index (χ0) is 25.8. The minimum atomic E-state index is -0.616. The Kier molecular flexibility index (Phi) is 8.22. The molecule has 2 aromatic rings. The van der Waals surface area contributed by atoms with Gasteiger partial charge >= 0.3 is 0 Å². The minimum Gasteiger partial charge on any atom is -0.385 e. The van der Waals surface area contributed by atoms with Gasteiger partial charge in [0.1, 0.15) is 11.6 Å². The van der Waals surface area contributed by atoms with Crippen molar-refractivity contribution in [3.05, 3.63) is 70.8 Å². The molecule has 0 saturated heterocycles. The molecule has 2 amide bonds. The topological polar surface area (TPSA) is 97.0 Å². The number of amides is 2. The first-order chi connectivity index (χ1) is 16.5. The predicted molar refractivity (Wildman–Crippen MR) is 130 cm³/mol. The highest BCUT2D eigenvalue weighted by Crippen LogP contribution is 2.30. The van der Waals surface area contributed by atoms with E-state index in [1.807, 2.05) is 20.8 Å². The number of aliphatic imine (C=N–C) groups is 1. The first-order valence-corrected chi connectivity index (χ1v) is 11.5. The number of hydrogen-bond acceptors (Lipinski definition) is 5. The van der Waals surface area contributed by atoms with Gasteiger partial charge in [-0.05, 0) is 60.7 Å². The van der Waals surface area contributed by atoms with Gasteiger partial charge in [-0.2, -0.15) is 0 Å². The highest BCUT2D eigenvalue weighted by Gasteiger charge is 2.38. The maximum absolute atomic E-state index is 14.5. The Labute approximate surface area is 204 Å². The second-order valence-corrected chi connectivity index (χ2v) is 9.35. The number of guanidine groups is 1. The molecule has 1 aliphatic rings. The third kappa shape index (κ3) is 6.42. The number of halogens is 2. The molecule has 0 aromatic heterocycles. The normalized spacial score (nSPS) is 19.0. The van der Waals surface area contributed by atoms with Gasteiger partial charge in [0.2, 0.25) is 5.91 Å². The standard InChI is InChI=1S/C26H32F2N4O3/c1-16(2)26(3)14-23(33)32(25(29)31-26)15-17-11-19(13-21(28)12-17)24(34)30-22(9-10-35-4)18-5-7-20(27)8-6-18/h5-8,11-13,16,22H,9-10,14-15H2,1-4H3,(H2,29,31)(H,30,34). The van der Waals surface area contributed by atoms with Crippen LogP contribution >= 0.6 is 0 Å². The molecular weight excluding hydrogens is 454 g/mol. The number of carbonyl (C=O) groups excluding carboxylic acids is 2. The van der Waals surface area contributed by atoms with Gasteiger partial charge in [-0.3, -0.25) is 14.5 Å². The Morgan fingerprint density at radius 1 is 1.20 bits per heavy atom. The average Bonchev–Trinajstić information content (AvgIpc) is 2.79. The Morgan fingerprint density at radius 3 is 2.49 bits per heavy atom. The lowest BCUT2D eigenvalue weighted by Gasteiger charge is -2.37. The second kappa shape index (κ2) is 10.9. The summed E-state index contributed by atoms with van der Waals surface area (Å²) in [4.78, 5) is 31.7. The quantitative estimate of drug-likeness (QED) is 0.561. The van der Waals surface area contributed by atoms with Crippen LogP contribution in [0.4, 0.5) is 8.78 Å². The van der Waals surface area contributed by atoms with Crippen LogP contribution in [-0.2, 0) is 16.1 Å². The van der Waals surface area contributed by atoms with Crippen LogP contribution in [0.3, 0.4) is 0 Å². The fourth-order valence-corrected chi connectivity index (χ4v) is 3.94. The van der Waals surface area contributed by atoms with E-state index < -0.39 is 23.3 Å². The lowest BCUT2D eigenvalue weighted by molar-refractivity contribution is -0.130. The van der Waals surface area contributed by atoms with Crippen LogP contribution in [0.2, 0.25) is 0 Å². The van der Waals surface area contributed by atoms with Crippen LogP contribution in [0.1, 0.15) is 61.1 Å². The fourth-order valence-electron chi connectivity index (χ4n) is 3.94. The first kappa shape index (κ1) is 26.3. The zero-order valence-electron chi connectivity index (χ0n) is 20.5. The molecule has 0 fully saturated rings. The Balaban J connectivity index is 1.81. The van der Waals surface area contributed by atoms with Crippen LogP contribution in [0.15, 0.2) is 47.5 Å². The van der Waals surface area contributed by atoms with Gasteiger partial charge in [0.15, 0.2) is 5.96 Å². The summed E-state index contributed by atoms with van der Waals surface area (Å²) >= 11 is 0. The number of benzene rings is 2. The lowest BCUT2D eigenvalue weighted by atomic mass is 9.84. The monoisotopic (exact) mass is 486 g/mol. The SMILES string of the molecule is COCCC(NC(=O)c1cc(F)cc(CN2C(=O)CC(C)(C(C)C)N=C2N)c1)c1ccc(F)cc1. The third-order valence-electron chi connectivity index (χ3n) is 6.45. The molecule has 35 heavy (non-hydrogen) atoms. The largest absolute Gasteiger partial charge is 0.385 e. The molecule has 1 heterocycles. The second-order valence-electron chi connectivity index (χ2n) is 9.35. The molecule has 0 aliphatic carbocycles. The van der Waals surface area contributed by atoms with E-state index in [1.54, 1.807) is 19.2 Å². The van der Waals surface area contributed by atoms with E-state index in [1.165, 1.54) is 29.2 Å². The molecule has 0 spiro atoms. The Hall–Kier alpha value is -3.33. The van der Waals surface area contributed by atoms with Gasteiger partial charge in [-0.15, -0.1) is 0 Å². The van der Waals surface area contributed by atoms with Crippen molar-refractivity contribution >= 4 is 17.8 Å². The molecule has 7 nitrogen and oxygen atoms in total. The van der Waals surface area contributed by atoms with Crippen LogP contribution in [-0.4, -0.2) is 41.9 Å². The molecule has 188 valence electrons. The smallest absolute Gasteiger partial charge is 0.251 e. The maximum Gasteiger partial charge on any atom is 0.251 e. The van der Waals surface area contributed by atoms with E-state index in [4.69, 9.17) is 10.5 Å². The van der Waals surface area contributed by atoms with Crippen molar-refractivity contribution in [1.29, 1.82) is 0 Å². The highest BCUT2D eigenvalue weighted by molar-refractivity contribution is 5.99. The van der Waals surface area contributed by atoms with Crippen molar-refractivity contribution in [1.82, 2.24) is 10.2 Å². The summed E-state index contributed by atoms with van der Waals surface area (Å²) < 4.78 is 32.9. The number of hydrogen-bond donors (Lipinski definition) is 2. The number of ether oxygens (including phenoxy) is 1. The van der Waals surface area contributed by atoms with E-state index in [9.17, 15) is 18.4 Å². The van der Waals surface area contributed by atoms with E-state index in [0.717, 1.165) is 6.07 Å². The van der Waals surface area contributed by atoms with Crippen LogP contribution in [0.5, 0.6) is 0 Å². The highest BCUT2D eigenvalue weighted by atomic mass is 19.1. The lowest BCUT2D eigenvalue weighted by Crippen LogP contribution is -2.51. The summed E-state index contributed by atoms with van der Waals surface area (Å²) in [5.74, 6) is -1.53. The number of nitrogens with two attached hydrogens (primary N) is 1. The van der Waals surface area contributed by atoms with Gasteiger partial charge in [0.25, 0.3) is 5.91 Å². The molecule has 1 aliphatic heterocycles. The van der Waals surface area contributed by atoms with E-state index in [-0.39, 0.29) is 42.1 Å². The molecule has 2 unspecified atom stereocenters. The predicted octanol–water partition coefficient (Wildman–Crippen LogP) is 3.93. The molecule has 2 aromatic carbocycles. The molecule has 0 radical (unpaired) electrons. The summed E-state index contributed by atoms with van der Waals surface area (Å²) in [5, 5.41) is 2.87. The van der Waals surface area contributed by atoms with Gasteiger partial charge in [-0.25, -0.2) is 13.8 Å². The van der Waals surface area contributed by atoms with Gasteiger partial charge in [-0.1, -0.05) is 26.0 Å².